The summed E-state index contributed by atoms with van der Waals surface area (Å²) in [7, 11) is -0.818. The number of ether oxygens (including phenoxy) is 1. The highest BCUT2D eigenvalue weighted by atomic mass is 32.2. The van der Waals surface area contributed by atoms with Crippen molar-refractivity contribution < 1.29 is 8.95 Å². The molecule has 0 bridgehead atoms. The average molecular weight is 315 g/mol. The molecule has 2 atom stereocenters. The van der Waals surface area contributed by atoms with Crippen LogP contribution in [0.1, 0.15) is 34.1 Å². The summed E-state index contributed by atoms with van der Waals surface area (Å²) in [4.78, 5) is 12.7. The molecule has 1 aromatic heterocycles. The average Bonchev–Trinajstić information content (AvgIpc) is 2.37. The predicted molar refractivity (Wildman–Crippen MR) is 86.4 cm³/mol. The Bertz CT molecular complexity index is 470. The van der Waals surface area contributed by atoms with Crippen molar-refractivity contribution in [2.45, 2.75) is 45.5 Å². The molecule has 0 aliphatic carbocycles. The van der Waals surface area contributed by atoms with Crippen molar-refractivity contribution >= 4 is 22.7 Å². The molecule has 1 rings (SSSR count). The van der Waals surface area contributed by atoms with E-state index in [1.807, 2.05) is 27.7 Å². The standard InChI is InChI=1S/C13H25N5O2S/c1-6-14-11-16-12(15-8-7-10(4)21(5)19)18-13(17-11)20-9(2)3/h9-10H,6-8H2,1-5H3,(H2,14,15,16,17,18). The van der Waals surface area contributed by atoms with Crippen LogP contribution in [0.2, 0.25) is 0 Å². The molecule has 2 unspecified atom stereocenters. The number of hydrogen-bond donors (Lipinski definition) is 2. The lowest BCUT2D eigenvalue weighted by molar-refractivity contribution is 0.222. The molecule has 0 saturated heterocycles. The van der Waals surface area contributed by atoms with Crippen LogP contribution in [0, 0.1) is 0 Å². The van der Waals surface area contributed by atoms with Crippen molar-refractivity contribution in [1.29, 1.82) is 0 Å². The fourth-order valence-electron chi connectivity index (χ4n) is 1.49. The summed E-state index contributed by atoms with van der Waals surface area (Å²) in [5.41, 5.74) is 0. The van der Waals surface area contributed by atoms with E-state index in [2.05, 4.69) is 25.6 Å². The third-order valence-corrected chi connectivity index (χ3v) is 4.06. The molecular weight excluding hydrogens is 290 g/mol. The summed E-state index contributed by atoms with van der Waals surface area (Å²) in [5, 5.41) is 6.31. The van der Waals surface area contributed by atoms with Crippen molar-refractivity contribution in [3.8, 4) is 6.01 Å². The zero-order valence-electron chi connectivity index (χ0n) is 13.3. The summed E-state index contributed by atoms with van der Waals surface area (Å²) in [6.45, 7) is 9.14. The Morgan fingerprint density at radius 2 is 1.76 bits per heavy atom. The minimum absolute atomic E-state index is 0.00254. The lowest BCUT2D eigenvalue weighted by Crippen LogP contribution is -2.17. The van der Waals surface area contributed by atoms with Crippen molar-refractivity contribution in [1.82, 2.24) is 15.0 Å². The summed E-state index contributed by atoms with van der Waals surface area (Å²) < 4.78 is 16.8. The van der Waals surface area contributed by atoms with Crippen molar-refractivity contribution in [2.75, 3.05) is 30.0 Å². The first-order chi connectivity index (χ1) is 9.92. The number of rotatable bonds is 9. The minimum atomic E-state index is -0.818. The van der Waals surface area contributed by atoms with E-state index in [0.29, 0.717) is 24.5 Å². The monoisotopic (exact) mass is 315 g/mol. The van der Waals surface area contributed by atoms with E-state index in [4.69, 9.17) is 4.74 Å². The maximum Gasteiger partial charge on any atom is 0.323 e. The second-order valence-electron chi connectivity index (χ2n) is 4.99. The molecule has 8 heteroatoms. The largest absolute Gasteiger partial charge is 0.461 e. The summed E-state index contributed by atoms with van der Waals surface area (Å²) in [6.07, 6.45) is 2.49. The van der Waals surface area contributed by atoms with Crippen molar-refractivity contribution in [3.05, 3.63) is 0 Å². The van der Waals surface area contributed by atoms with Gasteiger partial charge in [0.15, 0.2) is 0 Å². The lowest BCUT2D eigenvalue weighted by Gasteiger charge is -2.12. The van der Waals surface area contributed by atoms with Gasteiger partial charge >= 0.3 is 6.01 Å². The smallest absolute Gasteiger partial charge is 0.323 e. The third-order valence-electron chi connectivity index (χ3n) is 2.69. The van der Waals surface area contributed by atoms with Gasteiger partial charge in [-0.3, -0.25) is 4.21 Å². The Kier molecular flexibility index (Phi) is 7.35. The fourth-order valence-corrected chi connectivity index (χ4v) is 1.94. The summed E-state index contributed by atoms with van der Waals surface area (Å²) >= 11 is 0. The van der Waals surface area contributed by atoms with Crippen LogP contribution in [-0.2, 0) is 10.8 Å². The molecule has 0 aliphatic heterocycles. The zero-order chi connectivity index (χ0) is 15.8. The quantitative estimate of drug-likeness (QED) is 0.716. The maximum absolute atomic E-state index is 11.3. The second kappa shape index (κ2) is 8.76. The van der Waals surface area contributed by atoms with Gasteiger partial charge in [0.1, 0.15) is 0 Å². The maximum atomic E-state index is 11.3. The zero-order valence-corrected chi connectivity index (χ0v) is 14.2. The highest BCUT2D eigenvalue weighted by Gasteiger charge is 2.10. The van der Waals surface area contributed by atoms with Crippen LogP contribution in [0.5, 0.6) is 6.01 Å². The van der Waals surface area contributed by atoms with Crippen LogP contribution in [-0.4, -0.2) is 49.9 Å². The van der Waals surface area contributed by atoms with Crippen LogP contribution < -0.4 is 15.4 Å². The summed E-state index contributed by atoms with van der Waals surface area (Å²) in [6, 6.07) is 0.297. The van der Waals surface area contributed by atoms with Crippen LogP contribution in [0.25, 0.3) is 0 Å². The number of aromatic nitrogens is 3. The van der Waals surface area contributed by atoms with Gasteiger partial charge in [-0.15, -0.1) is 0 Å². The molecule has 0 spiro atoms. The minimum Gasteiger partial charge on any atom is -0.461 e. The van der Waals surface area contributed by atoms with Crippen LogP contribution in [0.3, 0.4) is 0 Å². The Labute approximate surface area is 128 Å². The number of anilines is 2. The Morgan fingerprint density at radius 3 is 2.29 bits per heavy atom. The Hall–Kier alpha value is -1.44. The van der Waals surface area contributed by atoms with E-state index < -0.39 is 10.8 Å². The van der Waals surface area contributed by atoms with E-state index in [1.54, 1.807) is 6.26 Å². The van der Waals surface area contributed by atoms with Gasteiger partial charge in [-0.1, -0.05) is 6.92 Å². The first-order valence-electron chi connectivity index (χ1n) is 7.15. The molecule has 1 heterocycles. The van der Waals surface area contributed by atoms with Crippen LogP contribution in [0.4, 0.5) is 11.9 Å². The highest BCUT2D eigenvalue weighted by Crippen LogP contribution is 2.12. The second-order valence-corrected chi connectivity index (χ2v) is 6.79. The first kappa shape index (κ1) is 17.6. The van der Waals surface area contributed by atoms with Crippen LogP contribution in [0.15, 0.2) is 0 Å². The molecule has 0 aliphatic rings. The van der Waals surface area contributed by atoms with Gasteiger partial charge in [0.25, 0.3) is 0 Å². The topological polar surface area (TPSA) is 89.0 Å². The SMILES string of the molecule is CCNc1nc(NCCC(C)S(C)=O)nc(OC(C)C)n1. The molecule has 120 valence electrons. The normalized spacial score (nSPS) is 13.8. The molecule has 0 fully saturated rings. The number of nitrogens with one attached hydrogen (secondary N) is 2. The third kappa shape index (κ3) is 6.70. The molecule has 7 nitrogen and oxygen atoms in total. The predicted octanol–water partition coefficient (Wildman–Crippen LogP) is 1.66. The number of nitrogens with zero attached hydrogens (tertiary/aromatic N) is 3. The van der Waals surface area contributed by atoms with Gasteiger partial charge in [0.05, 0.1) is 6.10 Å². The first-order valence-corrected chi connectivity index (χ1v) is 8.77. The number of hydrogen-bond acceptors (Lipinski definition) is 7. The van der Waals surface area contributed by atoms with Gasteiger partial charge in [-0.25, -0.2) is 0 Å². The highest BCUT2D eigenvalue weighted by molar-refractivity contribution is 7.84. The van der Waals surface area contributed by atoms with E-state index in [1.165, 1.54) is 0 Å². The summed E-state index contributed by atoms with van der Waals surface area (Å²) in [5.74, 6) is 0.948. The van der Waals surface area contributed by atoms with Crippen molar-refractivity contribution in [3.63, 3.8) is 0 Å². The molecule has 1 aromatic rings. The molecule has 0 radical (unpaired) electrons. The molecular formula is C13H25N5O2S. The van der Waals surface area contributed by atoms with E-state index in [9.17, 15) is 4.21 Å². The van der Waals surface area contributed by atoms with Gasteiger partial charge in [-0.05, 0) is 27.2 Å². The van der Waals surface area contributed by atoms with E-state index in [-0.39, 0.29) is 11.4 Å². The van der Waals surface area contributed by atoms with Gasteiger partial charge in [0.2, 0.25) is 11.9 Å². The molecule has 0 amide bonds. The fraction of sp³-hybridized carbons (Fsp3) is 0.769. The van der Waals surface area contributed by atoms with Gasteiger partial charge in [0, 0.05) is 35.4 Å². The lowest BCUT2D eigenvalue weighted by atomic mass is 10.3. The molecule has 2 N–H and O–H groups in total. The Balaban J connectivity index is 2.70. The van der Waals surface area contributed by atoms with Crippen LogP contribution >= 0.6 is 0 Å². The molecule has 21 heavy (non-hydrogen) atoms. The molecule has 0 saturated carbocycles. The van der Waals surface area contributed by atoms with Gasteiger partial charge < -0.3 is 15.4 Å². The van der Waals surface area contributed by atoms with E-state index >= 15 is 0 Å². The Morgan fingerprint density at radius 1 is 1.14 bits per heavy atom. The molecule has 0 aromatic carbocycles. The van der Waals surface area contributed by atoms with E-state index in [0.717, 1.165) is 13.0 Å². The van der Waals surface area contributed by atoms with Gasteiger partial charge in [-0.2, -0.15) is 15.0 Å². The van der Waals surface area contributed by atoms with Crippen molar-refractivity contribution in [2.24, 2.45) is 0 Å².